The fraction of sp³-hybridized carbons (Fsp3) is 1.00. The standard InChI is InChI=1S/C8H13F4N/c1-6(2)13-4-7(9,10)3-8(11,12)5-13/h6H,3-5H2,1-2H3. The van der Waals surface area contributed by atoms with Gasteiger partial charge in [0.1, 0.15) is 0 Å². The summed E-state index contributed by atoms with van der Waals surface area (Å²) < 4.78 is 51.2. The molecule has 78 valence electrons. The summed E-state index contributed by atoms with van der Waals surface area (Å²) in [6.07, 6.45) is -1.32. The minimum atomic E-state index is -3.26. The minimum Gasteiger partial charge on any atom is -0.289 e. The molecule has 1 saturated heterocycles. The molecular formula is C8H13F4N. The predicted molar refractivity (Wildman–Crippen MR) is 41.2 cm³/mol. The summed E-state index contributed by atoms with van der Waals surface area (Å²) in [5, 5.41) is 0. The molecule has 1 rings (SSSR count). The average Bonchev–Trinajstić information content (AvgIpc) is 1.79. The Hall–Kier alpha value is -0.320. The zero-order valence-corrected chi connectivity index (χ0v) is 7.66. The lowest BCUT2D eigenvalue weighted by Crippen LogP contribution is -2.54. The molecule has 0 spiro atoms. The third-order valence-electron chi connectivity index (χ3n) is 2.12. The molecule has 0 radical (unpaired) electrons. The lowest BCUT2D eigenvalue weighted by Gasteiger charge is -2.39. The monoisotopic (exact) mass is 199 g/mol. The van der Waals surface area contributed by atoms with Crippen molar-refractivity contribution in [2.45, 2.75) is 38.2 Å². The Bertz CT molecular complexity index is 175. The molecule has 0 bridgehead atoms. The predicted octanol–water partition coefficient (Wildman–Crippen LogP) is 2.37. The normalized spacial score (nSPS) is 27.9. The number of alkyl halides is 4. The number of hydrogen-bond donors (Lipinski definition) is 0. The van der Waals surface area contributed by atoms with Crippen molar-refractivity contribution >= 4 is 0 Å². The van der Waals surface area contributed by atoms with Gasteiger partial charge in [-0.3, -0.25) is 4.90 Å². The highest BCUT2D eigenvalue weighted by Gasteiger charge is 2.50. The van der Waals surface area contributed by atoms with Gasteiger partial charge in [-0.25, -0.2) is 17.6 Å². The first-order chi connectivity index (χ1) is 5.72. The molecule has 1 fully saturated rings. The first-order valence-electron chi connectivity index (χ1n) is 4.22. The van der Waals surface area contributed by atoms with Crippen molar-refractivity contribution in [3.63, 3.8) is 0 Å². The van der Waals surface area contributed by atoms with Crippen molar-refractivity contribution in [1.82, 2.24) is 4.90 Å². The van der Waals surface area contributed by atoms with Crippen LogP contribution in [0.25, 0.3) is 0 Å². The summed E-state index contributed by atoms with van der Waals surface area (Å²) in [6, 6.07) is -0.267. The van der Waals surface area contributed by atoms with E-state index in [2.05, 4.69) is 0 Å². The second kappa shape index (κ2) is 3.12. The van der Waals surface area contributed by atoms with Crippen molar-refractivity contribution in [1.29, 1.82) is 0 Å². The van der Waals surface area contributed by atoms with E-state index in [9.17, 15) is 17.6 Å². The fourth-order valence-electron chi connectivity index (χ4n) is 1.51. The SMILES string of the molecule is CC(C)N1CC(F)(F)CC(F)(F)C1. The number of piperidine rings is 1. The lowest BCUT2D eigenvalue weighted by atomic mass is 10.0. The van der Waals surface area contributed by atoms with Gasteiger partial charge in [0.25, 0.3) is 11.8 Å². The van der Waals surface area contributed by atoms with Gasteiger partial charge in [-0.05, 0) is 13.8 Å². The highest BCUT2D eigenvalue weighted by molar-refractivity contribution is 4.90. The third kappa shape index (κ3) is 2.83. The number of nitrogens with zero attached hydrogens (tertiary/aromatic N) is 1. The van der Waals surface area contributed by atoms with Crippen molar-refractivity contribution in [3.05, 3.63) is 0 Å². The Morgan fingerprint density at radius 3 is 1.69 bits per heavy atom. The zero-order chi connectivity index (χ0) is 10.3. The summed E-state index contributed by atoms with van der Waals surface area (Å²) in [5.74, 6) is -6.52. The van der Waals surface area contributed by atoms with Gasteiger partial charge in [0.05, 0.1) is 19.5 Å². The van der Waals surface area contributed by atoms with Crippen LogP contribution in [0.4, 0.5) is 17.6 Å². The molecule has 0 aromatic carbocycles. The molecule has 0 unspecified atom stereocenters. The molecule has 1 aliphatic heterocycles. The van der Waals surface area contributed by atoms with E-state index < -0.39 is 31.4 Å². The van der Waals surface area contributed by atoms with Crippen molar-refractivity contribution in [3.8, 4) is 0 Å². The van der Waals surface area contributed by atoms with Crippen LogP contribution in [0.5, 0.6) is 0 Å². The summed E-state index contributed by atoms with van der Waals surface area (Å²) in [7, 11) is 0. The van der Waals surface area contributed by atoms with Crippen LogP contribution in [0.15, 0.2) is 0 Å². The molecule has 1 heterocycles. The van der Waals surface area contributed by atoms with E-state index in [0.29, 0.717) is 0 Å². The zero-order valence-electron chi connectivity index (χ0n) is 7.66. The van der Waals surface area contributed by atoms with E-state index in [0.717, 1.165) is 4.90 Å². The molecule has 0 aromatic rings. The van der Waals surface area contributed by atoms with Crippen molar-refractivity contribution < 1.29 is 17.6 Å². The minimum absolute atomic E-state index is 0.267. The van der Waals surface area contributed by atoms with E-state index in [-0.39, 0.29) is 6.04 Å². The highest BCUT2D eigenvalue weighted by Crippen LogP contribution is 2.36. The Morgan fingerprint density at radius 1 is 1.00 bits per heavy atom. The van der Waals surface area contributed by atoms with E-state index in [1.807, 2.05) is 0 Å². The fourth-order valence-corrected chi connectivity index (χ4v) is 1.51. The van der Waals surface area contributed by atoms with Gasteiger partial charge in [-0.15, -0.1) is 0 Å². The van der Waals surface area contributed by atoms with Crippen LogP contribution in [-0.2, 0) is 0 Å². The van der Waals surface area contributed by atoms with E-state index >= 15 is 0 Å². The maximum atomic E-state index is 12.8. The molecule has 0 saturated carbocycles. The molecule has 0 amide bonds. The van der Waals surface area contributed by atoms with Crippen LogP contribution >= 0.6 is 0 Å². The van der Waals surface area contributed by atoms with E-state index in [1.165, 1.54) is 0 Å². The van der Waals surface area contributed by atoms with Gasteiger partial charge < -0.3 is 0 Å². The van der Waals surface area contributed by atoms with E-state index in [4.69, 9.17) is 0 Å². The Kier molecular flexibility index (Phi) is 2.58. The van der Waals surface area contributed by atoms with Gasteiger partial charge >= 0.3 is 0 Å². The molecule has 0 aliphatic carbocycles. The molecule has 1 nitrogen and oxygen atoms in total. The Balaban J connectivity index is 2.72. The average molecular weight is 199 g/mol. The van der Waals surface area contributed by atoms with Crippen LogP contribution in [0.1, 0.15) is 20.3 Å². The van der Waals surface area contributed by atoms with Gasteiger partial charge in [-0.2, -0.15) is 0 Å². The first kappa shape index (κ1) is 10.8. The molecule has 13 heavy (non-hydrogen) atoms. The number of hydrogen-bond acceptors (Lipinski definition) is 1. The Labute approximate surface area is 74.7 Å². The topological polar surface area (TPSA) is 3.24 Å². The lowest BCUT2D eigenvalue weighted by molar-refractivity contribution is -0.176. The number of rotatable bonds is 1. The third-order valence-corrected chi connectivity index (χ3v) is 2.12. The first-order valence-corrected chi connectivity index (χ1v) is 4.22. The molecule has 0 aromatic heterocycles. The van der Waals surface area contributed by atoms with Crippen LogP contribution in [-0.4, -0.2) is 35.9 Å². The summed E-state index contributed by atoms with van der Waals surface area (Å²) in [4.78, 5) is 1.11. The molecular weight excluding hydrogens is 186 g/mol. The van der Waals surface area contributed by atoms with Crippen molar-refractivity contribution in [2.24, 2.45) is 0 Å². The maximum Gasteiger partial charge on any atom is 0.266 e. The van der Waals surface area contributed by atoms with Crippen LogP contribution in [0.3, 0.4) is 0 Å². The maximum absolute atomic E-state index is 12.8. The van der Waals surface area contributed by atoms with Crippen LogP contribution < -0.4 is 0 Å². The molecule has 5 heteroatoms. The number of likely N-dealkylation sites (tertiary alicyclic amines) is 1. The summed E-state index contributed by atoms with van der Waals surface area (Å²) in [6.45, 7) is 2.16. The molecule has 1 aliphatic rings. The van der Waals surface area contributed by atoms with Crippen LogP contribution in [0.2, 0.25) is 0 Å². The van der Waals surface area contributed by atoms with E-state index in [1.54, 1.807) is 13.8 Å². The quantitative estimate of drug-likeness (QED) is 0.586. The largest absolute Gasteiger partial charge is 0.289 e. The highest BCUT2D eigenvalue weighted by atomic mass is 19.3. The van der Waals surface area contributed by atoms with Gasteiger partial charge in [-0.1, -0.05) is 0 Å². The van der Waals surface area contributed by atoms with Gasteiger partial charge in [0.2, 0.25) is 0 Å². The Morgan fingerprint density at radius 2 is 1.38 bits per heavy atom. The summed E-state index contributed by atoms with van der Waals surface area (Å²) in [5.41, 5.74) is 0. The second-order valence-electron chi connectivity index (χ2n) is 3.89. The number of halogens is 4. The summed E-state index contributed by atoms with van der Waals surface area (Å²) >= 11 is 0. The van der Waals surface area contributed by atoms with Gasteiger partial charge in [0.15, 0.2) is 0 Å². The smallest absolute Gasteiger partial charge is 0.266 e. The van der Waals surface area contributed by atoms with Crippen LogP contribution in [0, 0.1) is 0 Å². The van der Waals surface area contributed by atoms with Gasteiger partial charge in [0, 0.05) is 6.04 Å². The molecule has 0 N–H and O–H groups in total. The van der Waals surface area contributed by atoms with Crippen molar-refractivity contribution in [2.75, 3.05) is 13.1 Å². The second-order valence-corrected chi connectivity index (χ2v) is 3.89. The molecule has 0 atom stereocenters.